The normalized spacial score (nSPS) is 14.6. The van der Waals surface area contributed by atoms with Gasteiger partial charge in [-0.05, 0) is 25.8 Å². The van der Waals surface area contributed by atoms with Crippen molar-refractivity contribution >= 4 is 5.69 Å². The molecule has 7 heteroatoms. The molecule has 0 bridgehead atoms. The molecule has 0 spiro atoms. The molecule has 1 aliphatic carbocycles. The largest absolute Gasteiger partial charge is 0.339 e. The third-order valence-corrected chi connectivity index (χ3v) is 3.14. The standard InChI is InChI=1S/C12H10FN3O3/c1-6-9(13)4-8(5-10(6)16(17)18)11-14-12(19-15-11)7-2-3-7/h4-5,7H,2-3H2,1H3. The van der Waals surface area contributed by atoms with Crippen LogP contribution in [0.4, 0.5) is 10.1 Å². The van der Waals surface area contributed by atoms with Crippen molar-refractivity contribution in [3.63, 3.8) is 0 Å². The molecule has 2 aromatic rings. The highest BCUT2D eigenvalue weighted by atomic mass is 19.1. The number of aromatic nitrogens is 2. The van der Waals surface area contributed by atoms with Crippen molar-refractivity contribution in [3.05, 3.63) is 39.5 Å². The van der Waals surface area contributed by atoms with E-state index in [1.165, 1.54) is 19.1 Å². The Hall–Kier alpha value is -2.31. The van der Waals surface area contributed by atoms with Crippen molar-refractivity contribution in [2.24, 2.45) is 0 Å². The zero-order valence-corrected chi connectivity index (χ0v) is 10.1. The highest BCUT2D eigenvalue weighted by Gasteiger charge is 2.30. The van der Waals surface area contributed by atoms with Crippen LogP contribution in [0.3, 0.4) is 0 Å². The van der Waals surface area contributed by atoms with Gasteiger partial charge in [-0.3, -0.25) is 10.1 Å². The van der Waals surface area contributed by atoms with E-state index >= 15 is 0 Å². The van der Waals surface area contributed by atoms with Crippen LogP contribution in [0.1, 0.15) is 30.2 Å². The second-order valence-electron chi connectivity index (χ2n) is 4.59. The molecular formula is C12H10FN3O3. The van der Waals surface area contributed by atoms with Crippen LogP contribution in [-0.2, 0) is 0 Å². The van der Waals surface area contributed by atoms with Gasteiger partial charge in [0.15, 0.2) is 0 Å². The lowest BCUT2D eigenvalue weighted by atomic mass is 10.1. The fourth-order valence-corrected chi connectivity index (χ4v) is 1.83. The van der Waals surface area contributed by atoms with Crippen LogP contribution in [0.25, 0.3) is 11.4 Å². The van der Waals surface area contributed by atoms with E-state index in [4.69, 9.17) is 4.52 Å². The van der Waals surface area contributed by atoms with Gasteiger partial charge in [0.2, 0.25) is 11.7 Å². The molecule has 1 heterocycles. The van der Waals surface area contributed by atoms with Gasteiger partial charge in [-0.25, -0.2) is 4.39 Å². The molecule has 1 fully saturated rings. The molecule has 6 nitrogen and oxygen atoms in total. The molecule has 0 amide bonds. The number of halogens is 1. The summed E-state index contributed by atoms with van der Waals surface area (Å²) in [5.41, 5.74) is -0.0297. The Morgan fingerprint density at radius 2 is 2.21 bits per heavy atom. The molecule has 3 rings (SSSR count). The number of hydrogen-bond donors (Lipinski definition) is 0. The van der Waals surface area contributed by atoms with Crippen LogP contribution in [-0.4, -0.2) is 15.1 Å². The predicted octanol–water partition coefficient (Wildman–Crippen LogP) is 2.97. The number of nitro benzene ring substituents is 1. The molecule has 1 aromatic heterocycles. The Kier molecular flexibility index (Phi) is 2.55. The average molecular weight is 263 g/mol. The van der Waals surface area contributed by atoms with E-state index in [0.29, 0.717) is 5.89 Å². The molecule has 0 N–H and O–H groups in total. The van der Waals surface area contributed by atoms with Crippen molar-refractivity contribution in [1.82, 2.24) is 10.1 Å². The van der Waals surface area contributed by atoms with E-state index in [1.54, 1.807) is 0 Å². The first-order valence-corrected chi connectivity index (χ1v) is 5.85. The van der Waals surface area contributed by atoms with E-state index in [-0.39, 0.29) is 28.6 Å². The van der Waals surface area contributed by atoms with Crippen molar-refractivity contribution in [2.45, 2.75) is 25.7 Å². The number of rotatable bonds is 3. The summed E-state index contributed by atoms with van der Waals surface area (Å²) in [5.74, 6) is 0.330. The van der Waals surface area contributed by atoms with E-state index in [9.17, 15) is 14.5 Å². The molecule has 1 aliphatic rings. The van der Waals surface area contributed by atoms with Crippen LogP contribution in [0.5, 0.6) is 0 Å². The monoisotopic (exact) mass is 263 g/mol. The van der Waals surface area contributed by atoms with Gasteiger partial charge in [0, 0.05) is 17.5 Å². The average Bonchev–Trinajstić information content (AvgIpc) is 3.10. The minimum Gasteiger partial charge on any atom is -0.339 e. The first kappa shape index (κ1) is 11.8. The van der Waals surface area contributed by atoms with E-state index < -0.39 is 10.7 Å². The Bertz CT molecular complexity index is 664. The van der Waals surface area contributed by atoms with Crippen molar-refractivity contribution in [1.29, 1.82) is 0 Å². The SMILES string of the molecule is Cc1c(F)cc(-c2noc(C3CC3)n2)cc1[N+](=O)[O-]. The fourth-order valence-electron chi connectivity index (χ4n) is 1.83. The maximum absolute atomic E-state index is 13.7. The summed E-state index contributed by atoms with van der Waals surface area (Å²) >= 11 is 0. The Morgan fingerprint density at radius 1 is 1.47 bits per heavy atom. The fraction of sp³-hybridized carbons (Fsp3) is 0.333. The zero-order valence-electron chi connectivity index (χ0n) is 10.1. The topological polar surface area (TPSA) is 82.1 Å². The summed E-state index contributed by atoms with van der Waals surface area (Å²) in [6, 6.07) is 2.45. The third-order valence-electron chi connectivity index (χ3n) is 3.14. The highest BCUT2D eigenvalue weighted by molar-refractivity contribution is 5.61. The Morgan fingerprint density at radius 3 is 2.84 bits per heavy atom. The second kappa shape index (κ2) is 4.11. The predicted molar refractivity (Wildman–Crippen MR) is 63.1 cm³/mol. The lowest BCUT2D eigenvalue weighted by molar-refractivity contribution is -0.385. The first-order valence-electron chi connectivity index (χ1n) is 5.85. The zero-order chi connectivity index (χ0) is 13.6. The molecule has 0 unspecified atom stereocenters. The van der Waals surface area contributed by atoms with Crippen LogP contribution in [0, 0.1) is 22.9 Å². The number of nitrogens with zero attached hydrogens (tertiary/aromatic N) is 3. The number of nitro groups is 1. The minimum absolute atomic E-state index is 0.000314. The van der Waals surface area contributed by atoms with Gasteiger partial charge in [0.1, 0.15) is 5.82 Å². The van der Waals surface area contributed by atoms with Crippen LogP contribution in [0.15, 0.2) is 16.7 Å². The Balaban J connectivity index is 2.05. The molecule has 1 aromatic carbocycles. The smallest absolute Gasteiger partial charge is 0.275 e. The summed E-state index contributed by atoms with van der Waals surface area (Å²) in [5, 5.41) is 14.6. The molecule has 0 atom stereocenters. The lowest BCUT2D eigenvalue weighted by Gasteiger charge is -2.01. The minimum atomic E-state index is -0.651. The summed E-state index contributed by atoms with van der Waals surface area (Å²) in [4.78, 5) is 14.4. The van der Waals surface area contributed by atoms with Gasteiger partial charge in [-0.1, -0.05) is 5.16 Å². The molecule has 0 aliphatic heterocycles. The van der Waals surface area contributed by atoms with E-state index in [2.05, 4.69) is 10.1 Å². The molecule has 0 saturated heterocycles. The van der Waals surface area contributed by atoms with Crippen molar-refractivity contribution < 1.29 is 13.8 Å². The van der Waals surface area contributed by atoms with Crippen LogP contribution >= 0.6 is 0 Å². The molecule has 19 heavy (non-hydrogen) atoms. The van der Waals surface area contributed by atoms with Crippen LogP contribution in [0.2, 0.25) is 0 Å². The van der Waals surface area contributed by atoms with Gasteiger partial charge >= 0.3 is 0 Å². The van der Waals surface area contributed by atoms with Gasteiger partial charge in [0.05, 0.1) is 10.5 Å². The Labute approximate surface area is 107 Å². The molecule has 0 radical (unpaired) electrons. The summed E-state index contributed by atoms with van der Waals surface area (Å²) in [6.45, 7) is 1.36. The maximum atomic E-state index is 13.7. The van der Waals surface area contributed by atoms with E-state index in [0.717, 1.165) is 12.8 Å². The van der Waals surface area contributed by atoms with Gasteiger partial charge in [0.25, 0.3) is 5.69 Å². The van der Waals surface area contributed by atoms with Gasteiger partial charge < -0.3 is 4.52 Å². The van der Waals surface area contributed by atoms with Gasteiger partial charge in [-0.2, -0.15) is 4.98 Å². The molecule has 98 valence electrons. The van der Waals surface area contributed by atoms with Crippen molar-refractivity contribution in [2.75, 3.05) is 0 Å². The summed E-state index contributed by atoms with van der Waals surface area (Å²) in [7, 11) is 0. The van der Waals surface area contributed by atoms with Crippen molar-refractivity contribution in [3.8, 4) is 11.4 Å². The highest BCUT2D eigenvalue weighted by Crippen LogP contribution is 2.39. The quantitative estimate of drug-likeness (QED) is 0.628. The first-order chi connectivity index (χ1) is 9.06. The second-order valence-corrected chi connectivity index (χ2v) is 4.59. The number of benzene rings is 1. The maximum Gasteiger partial charge on any atom is 0.275 e. The molecular weight excluding hydrogens is 253 g/mol. The summed E-state index contributed by atoms with van der Waals surface area (Å²) in [6.07, 6.45) is 2.01. The summed E-state index contributed by atoms with van der Waals surface area (Å²) < 4.78 is 18.7. The lowest BCUT2D eigenvalue weighted by Crippen LogP contribution is -1.96. The third kappa shape index (κ3) is 2.07. The van der Waals surface area contributed by atoms with Crippen LogP contribution < -0.4 is 0 Å². The van der Waals surface area contributed by atoms with E-state index in [1.807, 2.05) is 0 Å². The number of hydrogen-bond acceptors (Lipinski definition) is 5. The molecule has 1 saturated carbocycles. The van der Waals surface area contributed by atoms with Gasteiger partial charge in [-0.15, -0.1) is 0 Å².